The van der Waals surface area contributed by atoms with Gasteiger partial charge in [-0.3, -0.25) is 0 Å². The summed E-state index contributed by atoms with van der Waals surface area (Å²) in [5, 5.41) is 0. The zero-order valence-electron chi connectivity index (χ0n) is 14.0. The number of hydrogen-bond donors (Lipinski definition) is 2. The van der Waals surface area contributed by atoms with Crippen molar-refractivity contribution >= 4 is 17.2 Å². The number of benzene rings is 1. The molecule has 1 aromatic carbocycles. The van der Waals surface area contributed by atoms with E-state index in [1.165, 1.54) is 19.1 Å². The molecule has 3 rings (SSSR count). The first-order chi connectivity index (χ1) is 11.7. The van der Waals surface area contributed by atoms with Gasteiger partial charge in [-0.1, -0.05) is 23.8 Å². The second kappa shape index (κ2) is 6.13. The largest absolute Gasteiger partial charge is 0.399 e. The van der Waals surface area contributed by atoms with Gasteiger partial charge in [0.15, 0.2) is 0 Å². The summed E-state index contributed by atoms with van der Waals surface area (Å²) in [6.45, 7) is 2.17. The molecule has 134 valence electrons. The van der Waals surface area contributed by atoms with E-state index >= 15 is 0 Å². The predicted molar refractivity (Wildman–Crippen MR) is 94.4 cm³/mol. The topological polar surface area (TPSA) is 67.6 Å². The molecule has 0 aromatic heterocycles. The second-order valence-electron chi connectivity index (χ2n) is 6.75. The number of alkyl halides is 3. The molecule has 1 aliphatic heterocycles. The molecular formula is C18H21F3N4. The number of rotatable bonds is 3. The fraction of sp³-hybridized carbons (Fsp3) is 0.389. The van der Waals surface area contributed by atoms with Gasteiger partial charge >= 0.3 is 6.18 Å². The van der Waals surface area contributed by atoms with Gasteiger partial charge in [0.25, 0.3) is 0 Å². The van der Waals surface area contributed by atoms with Gasteiger partial charge in [-0.2, -0.15) is 13.2 Å². The Morgan fingerprint density at radius 2 is 2.04 bits per heavy atom. The minimum atomic E-state index is -4.26. The second-order valence-corrected chi connectivity index (χ2v) is 6.75. The Labute approximate surface area is 144 Å². The predicted octanol–water partition coefficient (Wildman–Crippen LogP) is 3.60. The summed E-state index contributed by atoms with van der Waals surface area (Å²) >= 11 is 0. The molecule has 0 saturated heterocycles. The molecule has 0 saturated carbocycles. The maximum atomic E-state index is 13.2. The van der Waals surface area contributed by atoms with E-state index in [1.54, 1.807) is 12.1 Å². The van der Waals surface area contributed by atoms with Gasteiger partial charge in [0, 0.05) is 17.8 Å². The van der Waals surface area contributed by atoms with Crippen molar-refractivity contribution in [2.24, 2.45) is 16.1 Å². The van der Waals surface area contributed by atoms with E-state index in [4.69, 9.17) is 11.5 Å². The SMILES string of the molecule is CC1(C(F)(F)F)C=CC=C(CCN2CN=C(N)c3ccc(N)cc32)C1. The van der Waals surface area contributed by atoms with Gasteiger partial charge in [-0.05, 0) is 38.0 Å². The van der Waals surface area contributed by atoms with Gasteiger partial charge in [-0.15, -0.1) is 0 Å². The fourth-order valence-electron chi connectivity index (χ4n) is 3.17. The van der Waals surface area contributed by atoms with Crippen molar-refractivity contribution in [2.45, 2.75) is 25.9 Å². The van der Waals surface area contributed by atoms with Crippen LogP contribution in [0.3, 0.4) is 0 Å². The van der Waals surface area contributed by atoms with E-state index in [0.29, 0.717) is 31.2 Å². The average Bonchev–Trinajstić information content (AvgIpc) is 2.53. The quantitative estimate of drug-likeness (QED) is 0.819. The summed E-state index contributed by atoms with van der Waals surface area (Å²) in [4.78, 5) is 6.27. The first kappa shape index (κ1) is 17.4. The third-order valence-electron chi connectivity index (χ3n) is 4.79. The van der Waals surface area contributed by atoms with Crippen LogP contribution in [0.2, 0.25) is 0 Å². The number of anilines is 2. The minimum Gasteiger partial charge on any atom is -0.399 e. The van der Waals surface area contributed by atoms with Crippen LogP contribution >= 0.6 is 0 Å². The Morgan fingerprint density at radius 1 is 1.28 bits per heavy atom. The third-order valence-corrected chi connectivity index (χ3v) is 4.79. The standard InChI is InChI=1S/C18H21F3N4/c1-17(18(19,20)21)7-2-3-12(10-17)6-8-25-11-24-16(23)14-5-4-13(22)9-15(14)25/h2-5,7,9H,6,8,10-11,22H2,1H3,(H2,23,24). The van der Waals surface area contributed by atoms with Crippen LogP contribution in [0.4, 0.5) is 24.5 Å². The van der Waals surface area contributed by atoms with Gasteiger partial charge in [0.05, 0.1) is 11.1 Å². The van der Waals surface area contributed by atoms with Crippen molar-refractivity contribution in [3.05, 3.63) is 47.6 Å². The lowest BCUT2D eigenvalue weighted by Gasteiger charge is -2.33. The van der Waals surface area contributed by atoms with Gasteiger partial charge in [-0.25, -0.2) is 4.99 Å². The molecular weight excluding hydrogens is 329 g/mol. The van der Waals surface area contributed by atoms with E-state index < -0.39 is 11.6 Å². The number of halogens is 3. The molecule has 1 aromatic rings. The molecule has 0 fully saturated rings. The molecule has 1 aliphatic carbocycles. The van der Waals surface area contributed by atoms with Crippen LogP contribution in [0.25, 0.3) is 0 Å². The molecule has 25 heavy (non-hydrogen) atoms. The lowest BCUT2D eigenvalue weighted by molar-refractivity contribution is -0.199. The number of nitrogens with two attached hydrogens (primary N) is 2. The van der Waals surface area contributed by atoms with E-state index in [0.717, 1.165) is 16.8 Å². The highest BCUT2D eigenvalue weighted by Gasteiger charge is 2.49. The summed E-state index contributed by atoms with van der Waals surface area (Å²) in [7, 11) is 0. The first-order valence-corrected chi connectivity index (χ1v) is 8.08. The fourth-order valence-corrected chi connectivity index (χ4v) is 3.17. The summed E-state index contributed by atoms with van der Waals surface area (Å²) in [5.74, 6) is 0.454. The number of amidine groups is 1. The van der Waals surface area contributed by atoms with Crippen LogP contribution < -0.4 is 16.4 Å². The lowest BCUT2D eigenvalue weighted by atomic mass is 9.78. The minimum absolute atomic E-state index is 0.0178. The van der Waals surface area contributed by atoms with Crippen molar-refractivity contribution in [1.29, 1.82) is 0 Å². The van der Waals surface area contributed by atoms with Crippen molar-refractivity contribution in [3.8, 4) is 0 Å². The van der Waals surface area contributed by atoms with Gasteiger partial charge in [0.1, 0.15) is 12.5 Å². The number of fused-ring (bicyclic) bond motifs is 1. The zero-order chi connectivity index (χ0) is 18.2. The maximum Gasteiger partial charge on any atom is 0.397 e. The zero-order valence-corrected chi connectivity index (χ0v) is 14.0. The highest BCUT2D eigenvalue weighted by molar-refractivity contribution is 6.04. The monoisotopic (exact) mass is 350 g/mol. The number of hydrogen-bond acceptors (Lipinski definition) is 4. The summed E-state index contributed by atoms with van der Waals surface area (Å²) in [6, 6.07) is 5.40. The van der Waals surface area contributed by atoms with Crippen molar-refractivity contribution < 1.29 is 13.2 Å². The molecule has 4 nitrogen and oxygen atoms in total. The molecule has 0 spiro atoms. The molecule has 7 heteroatoms. The van der Waals surface area contributed by atoms with Crippen LogP contribution in [-0.2, 0) is 0 Å². The summed E-state index contributed by atoms with van der Waals surface area (Å²) < 4.78 is 39.7. The molecule has 4 N–H and O–H groups in total. The Balaban J connectivity index is 1.72. The number of allylic oxidation sites excluding steroid dienone is 3. The van der Waals surface area contributed by atoms with Crippen LogP contribution in [0.15, 0.2) is 47.0 Å². The van der Waals surface area contributed by atoms with Crippen molar-refractivity contribution in [3.63, 3.8) is 0 Å². The lowest BCUT2D eigenvalue weighted by Crippen LogP contribution is -2.36. The van der Waals surface area contributed by atoms with E-state index in [9.17, 15) is 13.2 Å². The Morgan fingerprint density at radius 3 is 2.76 bits per heavy atom. The molecule has 0 radical (unpaired) electrons. The van der Waals surface area contributed by atoms with Crippen LogP contribution in [0, 0.1) is 5.41 Å². The highest BCUT2D eigenvalue weighted by atomic mass is 19.4. The van der Waals surface area contributed by atoms with Gasteiger partial charge in [0.2, 0.25) is 0 Å². The maximum absolute atomic E-state index is 13.2. The molecule has 1 unspecified atom stereocenters. The number of nitrogen functional groups attached to an aromatic ring is 1. The highest BCUT2D eigenvalue weighted by Crippen LogP contribution is 2.46. The smallest absolute Gasteiger partial charge is 0.397 e. The summed E-state index contributed by atoms with van der Waals surface area (Å²) in [6.07, 6.45) is 0.766. The molecule has 0 bridgehead atoms. The Bertz CT molecular complexity index is 764. The molecule has 1 heterocycles. The van der Waals surface area contributed by atoms with E-state index in [-0.39, 0.29) is 6.42 Å². The van der Waals surface area contributed by atoms with Crippen LogP contribution in [-0.4, -0.2) is 25.2 Å². The number of aliphatic imine (C=N–C) groups is 1. The molecule has 0 amide bonds. The van der Waals surface area contributed by atoms with Crippen molar-refractivity contribution in [2.75, 3.05) is 23.8 Å². The third kappa shape index (κ3) is 3.36. The van der Waals surface area contributed by atoms with Gasteiger partial charge < -0.3 is 16.4 Å². The molecule has 1 atom stereocenters. The first-order valence-electron chi connectivity index (χ1n) is 8.08. The van der Waals surface area contributed by atoms with Crippen LogP contribution in [0.1, 0.15) is 25.3 Å². The average molecular weight is 350 g/mol. The van der Waals surface area contributed by atoms with Crippen molar-refractivity contribution in [1.82, 2.24) is 0 Å². The Hall–Kier alpha value is -2.44. The Kier molecular flexibility index (Phi) is 4.26. The number of nitrogens with zero attached hydrogens (tertiary/aromatic N) is 2. The van der Waals surface area contributed by atoms with Crippen LogP contribution in [0.5, 0.6) is 0 Å². The normalized spacial score (nSPS) is 23.1. The van der Waals surface area contributed by atoms with E-state index in [1.807, 2.05) is 17.0 Å². The van der Waals surface area contributed by atoms with E-state index in [2.05, 4.69) is 4.99 Å². The summed E-state index contributed by atoms with van der Waals surface area (Å²) in [5.41, 5.74) is 13.0. The molecule has 2 aliphatic rings.